The van der Waals surface area contributed by atoms with Crippen LogP contribution in [0.4, 0.5) is 5.69 Å². The van der Waals surface area contributed by atoms with Crippen molar-refractivity contribution in [1.29, 1.82) is 0 Å². The first-order valence-corrected chi connectivity index (χ1v) is 7.28. The second-order valence-electron chi connectivity index (χ2n) is 5.59. The lowest BCUT2D eigenvalue weighted by Gasteiger charge is -2.15. The molecule has 1 aliphatic carbocycles. The topological polar surface area (TPSA) is 59.0 Å². The van der Waals surface area contributed by atoms with Crippen LogP contribution in [0.5, 0.6) is 0 Å². The summed E-state index contributed by atoms with van der Waals surface area (Å²) in [5, 5.41) is 6.38. The van der Waals surface area contributed by atoms with Crippen LogP contribution in [0.1, 0.15) is 42.0 Å². The quantitative estimate of drug-likeness (QED) is 0.887. The highest BCUT2D eigenvalue weighted by atomic mass is 16.1. The summed E-state index contributed by atoms with van der Waals surface area (Å²) in [4.78, 5) is 16.2. The summed E-state index contributed by atoms with van der Waals surface area (Å²) in [5.41, 5.74) is 1.69. The van der Waals surface area contributed by atoms with Gasteiger partial charge in [-0.2, -0.15) is 0 Å². The molecular weight excluding hydrogens is 264 g/mol. The minimum Gasteiger partial charge on any atom is -0.375 e. The van der Waals surface area contributed by atoms with Crippen LogP contribution >= 0.6 is 0 Å². The number of rotatable bonds is 5. The van der Waals surface area contributed by atoms with Crippen LogP contribution in [0.25, 0.3) is 0 Å². The summed E-state index contributed by atoms with van der Waals surface area (Å²) in [5.74, 6) is 0.992. The Morgan fingerprint density at radius 3 is 2.62 bits per heavy atom. The van der Waals surface area contributed by atoms with Gasteiger partial charge in [0.05, 0.1) is 6.04 Å². The standard InChI is InChI=1S/C16H20N4O/c1-11(15-17-9-10-20(15)2)18-13-5-3-12(4-6-13)16(21)19-14-7-8-14/h3-6,9-11,14,18H,7-8H2,1-2H3,(H,19,21). The van der Waals surface area contributed by atoms with E-state index in [0.29, 0.717) is 11.6 Å². The fourth-order valence-corrected chi connectivity index (χ4v) is 2.32. The highest BCUT2D eigenvalue weighted by Crippen LogP contribution is 2.21. The van der Waals surface area contributed by atoms with Crippen LogP contribution in [0.2, 0.25) is 0 Å². The molecule has 0 bridgehead atoms. The summed E-state index contributed by atoms with van der Waals surface area (Å²) in [6.45, 7) is 2.07. The molecule has 110 valence electrons. The fraction of sp³-hybridized carbons (Fsp3) is 0.375. The van der Waals surface area contributed by atoms with Gasteiger partial charge in [0.2, 0.25) is 0 Å². The van der Waals surface area contributed by atoms with Gasteiger partial charge in [-0.15, -0.1) is 0 Å². The number of carbonyl (C=O) groups is 1. The molecule has 0 spiro atoms. The van der Waals surface area contributed by atoms with E-state index in [1.807, 2.05) is 42.1 Å². The number of imidazole rings is 1. The van der Waals surface area contributed by atoms with Gasteiger partial charge >= 0.3 is 0 Å². The third-order valence-electron chi connectivity index (χ3n) is 3.69. The highest BCUT2D eigenvalue weighted by molar-refractivity contribution is 5.94. The van der Waals surface area contributed by atoms with Crippen molar-refractivity contribution in [1.82, 2.24) is 14.9 Å². The molecule has 5 heteroatoms. The van der Waals surface area contributed by atoms with Crippen molar-refractivity contribution in [3.8, 4) is 0 Å². The third kappa shape index (κ3) is 3.24. The second-order valence-corrected chi connectivity index (χ2v) is 5.59. The lowest BCUT2D eigenvalue weighted by atomic mass is 10.2. The van der Waals surface area contributed by atoms with Gasteiger partial charge in [0.25, 0.3) is 5.91 Å². The van der Waals surface area contributed by atoms with Gasteiger partial charge in [0.15, 0.2) is 0 Å². The second kappa shape index (κ2) is 5.60. The van der Waals surface area contributed by atoms with Crippen molar-refractivity contribution in [3.63, 3.8) is 0 Å². The Balaban J connectivity index is 1.63. The first kappa shape index (κ1) is 13.7. The van der Waals surface area contributed by atoms with Gasteiger partial charge in [-0.25, -0.2) is 4.98 Å². The Hall–Kier alpha value is -2.30. The normalized spacial score (nSPS) is 15.5. The maximum atomic E-state index is 11.9. The fourth-order valence-electron chi connectivity index (χ4n) is 2.32. The predicted octanol–water partition coefficient (Wildman–Crippen LogP) is 2.49. The molecule has 2 aromatic rings. The van der Waals surface area contributed by atoms with E-state index in [0.717, 1.165) is 24.4 Å². The lowest BCUT2D eigenvalue weighted by Crippen LogP contribution is -2.25. The van der Waals surface area contributed by atoms with E-state index < -0.39 is 0 Å². The van der Waals surface area contributed by atoms with E-state index >= 15 is 0 Å². The number of nitrogens with one attached hydrogen (secondary N) is 2. The van der Waals surface area contributed by atoms with E-state index in [2.05, 4.69) is 22.5 Å². The van der Waals surface area contributed by atoms with Crippen LogP contribution in [-0.2, 0) is 7.05 Å². The predicted molar refractivity (Wildman–Crippen MR) is 82.2 cm³/mol. The summed E-state index contributed by atoms with van der Waals surface area (Å²) in [6.07, 6.45) is 5.93. The average molecular weight is 284 g/mol. The Morgan fingerprint density at radius 2 is 2.05 bits per heavy atom. The molecule has 2 N–H and O–H groups in total. The maximum Gasteiger partial charge on any atom is 0.251 e. The monoisotopic (exact) mass is 284 g/mol. The molecule has 1 saturated carbocycles. The molecule has 1 atom stereocenters. The van der Waals surface area contributed by atoms with Gasteiger partial charge in [0, 0.05) is 36.7 Å². The van der Waals surface area contributed by atoms with Crippen molar-refractivity contribution in [3.05, 3.63) is 48.0 Å². The molecule has 1 aliphatic rings. The summed E-state index contributed by atoms with van der Waals surface area (Å²) in [7, 11) is 1.98. The van der Waals surface area contributed by atoms with Crippen LogP contribution in [-0.4, -0.2) is 21.5 Å². The van der Waals surface area contributed by atoms with Crippen LogP contribution in [0.3, 0.4) is 0 Å². The van der Waals surface area contributed by atoms with Crippen molar-refractivity contribution in [2.45, 2.75) is 31.8 Å². The third-order valence-corrected chi connectivity index (χ3v) is 3.69. The Labute approximate surface area is 124 Å². The van der Waals surface area contributed by atoms with E-state index in [1.165, 1.54) is 0 Å². The van der Waals surface area contributed by atoms with Gasteiger partial charge in [-0.3, -0.25) is 4.79 Å². The molecule has 5 nitrogen and oxygen atoms in total. The van der Waals surface area contributed by atoms with Gasteiger partial charge in [-0.1, -0.05) is 0 Å². The SMILES string of the molecule is CC(Nc1ccc(C(=O)NC2CC2)cc1)c1nccn1C. The zero-order chi connectivity index (χ0) is 14.8. The number of nitrogens with zero attached hydrogens (tertiary/aromatic N) is 2. The van der Waals surface area contributed by atoms with E-state index in [4.69, 9.17) is 0 Å². The molecule has 3 rings (SSSR count). The zero-order valence-electron chi connectivity index (χ0n) is 12.3. The van der Waals surface area contributed by atoms with Crippen LogP contribution in [0.15, 0.2) is 36.7 Å². The van der Waals surface area contributed by atoms with Crippen LogP contribution in [0, 0.1) is 0 Å². The molecule has 0 radical (unpaired) electrons. The van der Waals surface area contributed by atoms with Crippen molar-refractivity contribution >= 4 is 11.6 Å². The van der Waals surface area contributed by atoms with E-state index in [-0.39, 0.29) is 11.9 Å². The van der Waals surface area contributed by atoms with Gasteiger partial charge < -0.3 is 15.2 Å². The lowest BCUT2D eigenvalue weighted by molar-refractivity contribution is 0.0951. The first-order chi connectivity index (χ1) is 10.1. The molecule has 1 fully saturated rings. The molecule has 21 heavy (non-hydrogen) atoms. The van der Waals surface area contributed by atoms with E-state index in [1.54, 1.807) is 6.20 Å². The number of aryl methyl sites for hydroxylation is 1. The maximum absolute atomic E-state index is 11.9. The molecule has 1 unspecified atom stereocenters. The number of anilines is 1. The van der Waals surface area contributed by atoms with Crippen molar-refractivity contribution < 1.29 is 4.79 Å². The number of carbonyl (C=O) groups excluding carboxylic acids is 1. The number of hydrogen-bond donors (Lipinski definition) is 2. The van der Waals surface area contributed by atoms with Gasteiger partial charge in [0.1, 0.15) is 5.82 Å². The van der Waals surface area contributed by atoms with Crippen molar-refractivity contribution in [2.24, 2.45) is 7.05 Å². The van der Waals surface area contributed by atoms with Gasteiger partial charge in [-0.05, 0) is 44.0 Å². The number of benzene rings is 1. The summed E-state index contributed by atoms with van der Waals surface area (Å²) >= 11 is 0. The summed E-state index contributed by atoms with van der Waals surface area (Å²) in [6, 6.07) is 8.06. The zero-order valence-corrected chi connectivity index (χ0v) is 12.3. The average Bonchev–Trinajstić information content (AvgIpc) is 3.18. The minimum absolute atomic E-state index is 0.0150. The Bertz CT molecular complexity index is 628. The molecule has 1 aromatic heterocycles. The first-order valence-electron chi connectivity index (χ1n) is 7.28. The van der Waals surface area contributed by atoms with E-state index in [9.17, 15) is 4.79 Å². The number of aromatic nitrogens is 2. The largest absolute Gasteiger partial charge is 0.375 e. The minimum atomic E-state index is 0.0150. The molecule has 1 aromatic carbocycles. The Morgan fingerprint density at radius 1 is 1.33 bits per heavy atom. The highest BCUT2D eigenvalue weighted by Gasteiger charge is 2.23. The smallest absolute Gasteiger partial charge is 0.251 e. The van der Waals surface area contributed by atoms with Crippen LogP contribution < -0.4 is 10.6 Å². The summed E-state index contributed by atoms with van der Waals surface area (Å²) < 4.78 is 2.00. The molecular formula is C16H20N4O. The number of amides is 1. The molecule has 1 heterocycles. The molecule has 1 amide bonds. The van der Waals surface area contributed by atoms with Crippen molar-refractivity contribution in [2.75, 3.05) is 5.32 Å². The number of hydrogen-bond acceptors (Lipinski definition) is 3. The molecule has 0 saturated heterocycles. The Kier molecular flexibility index (Phi) is 3.64. The molecule has 0 aliphatic heterocycles.